The number of rotatable bonds is 5. The van der Waals surface area contributed by atoms with Crippen LogP contribution in [0.15, 0.2) is 12.7 Å². The molecule has 4 rings (SSSR count). The van der Waals surface area contributed by atoms with E-state index in [0.717, 1.165) is 25.5 Å². The van der Waals surface area contributed by atoms with Gasteiger partial charge in [0.05, 0.1) is 13.1 Å². The van der Waals surface area contributed by atoms with Crippen molar-refractivity contribution in [3.63, 3.8) is 0 Å². The largest absolute Gasteiger partial charge is 0.317 e. The van der Waals surface area contributed by atoms with Gasteiger partial charge < -0.3 is 4.57 Å². The van der Waals surface area contributed by atoms with Crippen LogP contribution < -0.4 is 0 Å². The predicted octanol–water partition coefficient (Wildman–Crippen LogP) is 1.34. The Morgan fingerprint density at radius 2 is 2.09 bits per heavy atom. The highest BCUT2D eigenvalue weighted by Gasteiger charge is 2.30. The van der Waals surface area contributed by atoms with Crippen LogP contribution in [0.3, 0.4) is 0 Å². The van der Waals surface area contributed by atoms with Gasteiger partial charge in [0.25, 0.3) is 0 Å². The Bertz CT molecular complexity index is 614. The predicted molar refractivity (Wildman–Crippen MR) is 81.0 cm³/mol. The highest BCUT2D eigenvalue weighted by atomic mass is 15.3. The van der Waals surface area contributed by atoms with Crippen molar-refractivity contribution in [3.05, 3.63) is 24.3 Å². The van der Waals surface area contributed by atoms with Gasteiger partial charge in [0.2, 0.25) is 0 Å². The molecule has 2 fully saturated rings. The highest BCUT2D eigenvalue weighted by Crippen LogP contribution is 2.38. The quantitative estimate of drug-likeness (QED) is 0.834. The van der Waals surface area contributed by atoms with Crippen molar-refractivity contribution in [2.24, 2.45) is 7.05 Å². The molecule has 0 amide bonds. The lowest BCUT2D eigenvalue weighted by atomic mass is 10.0. The van der Waals surface area contributed by atoms with E-state index in [0.29, 0.717) is 12.0 Å². The molecule has 7 heteroatoms. The topological polar surface area (TPSA) is 64.7 Å². The number of aromatic nitrogens is 6. The second-order valence-electron chi connectivity index (χ2n) is 6.55. The van der Waals surface area contributed by atoms with Crippen LogP contribution in [0.5, 0.6) is 0 Å². The molecule has 1 aliphatic carbocycles. The molecular formula is C15H23N7. The zero-order valence-electron chi connectivity index (χ0n) is 13.1. The Hall–Kier alpha value is -1.76. The Morgan fingerprint density at radius 1 is 1.18 bits per heavy atom. The minimum atomic E-state index is 0.511. The third-order valence-electron chi connectivity index (χ3n) is 4.90. The molecule has 0 unspecified atom stereocenters. The lowest BCUT2D eigenvalue weighted by Gasteiger charge is -2.35. The first kappa shape index (κ1) is 13.9. The fraction of sp³-hybridized carbons (Fsp3) is 0.733. The van der Waals surface area contributed by atoms with Gasteiger partial charge in [-0.1, -0.05) is 6.42 Å². The highest BCUT2D eigenvalue weighted by molar-refractivity contribution is 5.08. The van der Waals surface area contributed by atoms with Crippen molar-refractivity contribution in [1.29, 1.82) is 0 Å². The molecule has 118 valence electrons. The average molecular weight is 301 g/mol. The van der Waals surface area contributed by atoms with Crippen LogP contribution in [0.1, 0.15) is 49.7 Å². The summed E-state index contributed by atoms with van der Waals surface area (Å²) in [6.45, 7) is 2.92. The number of piperidine rings is 1. The van der Waals surface area contributed by atoms with Crippen LogP contribution in [0, 0.1) is 0 Å². The monoisotopic (exact) mass is 301 g/mol. The molecule has 22 heavy (non-hydrogen) atoms. The second kappa shape index (κ2) is 5.79. The number of hydrogen-bond donors (Lipinski definition) is 0. The van der Waals surface area contributed by atoms with E-state index in [1.54, 1.807) is 12.7 Å². The molecule has 2 aromatic rings. The summed E-state index contributed by atoms with van der Waals surface area (Å²) >= 11 is 0. The molecule has 1 saturated heterocycles. The number of hydrogen-bond acceptors (Lipinski definition) is 5. The standard InChI is InChI=1S/C15H23N7/c1-20-14(18-19-15(20)12-5-6-12)9-21-7-3-2-4-13(21)8-22-11-16-10-17-22/h10-13H,2-9H2,1H3/t13-/m1/s1. The molecule has 0 bridgehead atoms. The normalized spacial score (nSPS) is 23.0. The van der Waals surface area contributed by atoms with E-state index < -0.39 is 0 Å². The van der Waals surface area contributed by atoms with Gasteiger partial charge in [0.15, 0.2) is 0 Å². The third kappa shape index (κ3) is 2.77. The molecule has 0 radical (unpaired) electrons. The lowest BCUT2D eigenvalue weighted by Crippen LogP contribution is -2.42. The van der Waals surface area contributed by atoms with Crippen LogP contribution >= 0.6 is 0 Å². The van der Waals surface area contributed by atoms with Crippen LogP contribution in [-0.2, 0) is 20.1 Å². The van der Waals surface area contributed by atoms with Gasteiger partial charge in [-0.3, -0.25) is 9.58 Å². The van der Waals surface area contributed by atoms with Crippen LogP contribution in [0.4, 0.5) is 0 Å². The zero-order chi connectivity index (χ0) is 14.9. The van der Waals surface area contributed by atoms with Gasteiger partial charge in [-0.05, 0) is 32.2 Å². The molecule has 1 atom stereocenters. The Kier molecular flexibility index (Phi) is 3.65. The molecule has 1 aliphatic heterocycles. The number of likely N-dealkylation sites (tertiary alicyclic amines) is 1. The Morgan fingerprint density at radius 3 is 2.86 bits per heavy atom. The minimum absolute atomic E-state index is 0.511. The molecule has 0 spiro atoms. The van der Waals surface area contributed by atoms with Gasteiger partial charge in [-0.25, -0.2) is 4.98 Å². The molecule has 3 heterocycles. The van der Waals surface area contributed by atoms with Crippen molar-refractivity contribution in [3.8, 4) is 0 Å². The summed E-state index contributed by atoms with van der Waals surface area (Å²) in [5, 5.41) is 13.1. The summed E-state index contributed by atoms with van der Waals surface area (Å²) < 4.78 is 4.15. The van der Waals surface area contributed by atoms with E-state index >= 15 is 0 Å². The van der Waals surface area contributed by atoms with Crippen molar-refractivity contribution in [2.45, 2.75) is 57.2 Å². The van der Waals surface area contributed by atoms with Gasteiger partial charge in [-0.15, -0.1) is 10.2 Å². The Labute approximate surface area is 130 Å². The molecule has 0 aromatic carbocycles. The smallest absolute Gasteiger partial charge is 0.146 e. The van der Waals surface area contributed by atoms with Crippen molar-refractivity contribution < 1.29 is 0 Å². The van der Waals surface area contributed by atoms with Crippen molar-refractivity contribution in [1.82, 2.24) is 34.4 Å². The van der Waals surface area contributed by atoms with Gasteiger partial charge in [0.1, 0.15) is 24.3 Å². The summed E-state index contributed by atoms with van der Waals surface area (Å²) in [6, 6.07) is 0.511. The van der Waals surface area contributed by atoms with E-state index in [-0.39, 0.29) is 0 Å². The average Bonchev–Trinajstić information content (AvgIpc) is 3.12. The fourth-order valence-corrected chi connectivity index (χ4v) is 3.41. The first-order chi connectivity index (χ1) is 10.8. The summed E-state index contributed by atoms with van der Waals surface area (Å²) in [7, 11) is 2.11. The first-order valence-corrected chi connectivity index (χ1v) is 8.26. The van der Waals surface area contributed by atoms with Gasteiger partial charge in [-0.2, -0.15) is 5.10 Å². The maximum Gasteiger partial charge on any atom is 0.146 e. The molecule has 2 aliphatic rings. The lowest BCUT2D eigenvalue weighted by molar-refractivity contribution is 0.117. The van der Waals surface area contributed by atoms with Crippen LogP contribution in [0.25, 0.3) is 0 Å². The first-order valence-electron chi connectivity index (χ1n) is 8.26. The van der Waals surface area contributed by atoms with E-state index in [1.807, 2.05) is 4.68 Å². The minimum Gasteiger partial charge on any atom is -0.317 e. The summed E-state index contributed by atoms with van der Waals surface area (Å²) in [5.41, 5.74) is 0. The summed E-state index contributed by atoms with van der Waals surface area (Å²) in [4.78, 5) is 6.58. The van der Waals surface area contributed by atoms with E-state index in [4.69, 9.17) is 0 Å². The van der Waals surface area contributed by atoms with E-state index in [1.165, 1.54) is 37.9 Å². The molecule has 2 aromatic heterocycles. The maximum atomic E-state index is 4.44. The van der Waals surface area contributed by atoms with Crippen molar-refractivity contribution in [2.75, 3.05) is 6.54 Å². The Balaban J connectivity index is 1.47. The van der Waals surface area contributed by atoms with Gasteiger partial charge in [0, 0.05) is 19.0 Å². The van der Waals surface area contributed by atoms with E-state index in [2.05, 4.69) is 36.8 Å². The van der Waals surface area contributed by atoms with Crippen LogP contribution in [-0.4, -0.2) is 47.0 Å². The number of nitrogens with zero attached hydrogens (tertiary/aromatic N) is 7. The molecule has 1 saturated carbocycles. The zero-order valence-corrected chi connectivity index (χ0v) is 13.1. The summed E-state index contributed by atoms with van der Waals surface area (Å²) in [5.74, 6) is 2.91. The maximum absolute atomic E-state index is 4.44. The second-order valence-corrected chi connectivity index (χ2v) is 6.55. The summed E-state index contributed by atoms with van der Waals surface area (Å²) in [6.07, 6.45) is 9.73. The van der Waals surface area contributed by atoms with Crippen LogP contribution in [0.2, 0.25) is 0 Å². The van der Waals surface area contributed by atoms with E-state index in [9.17, 15) is 0 Å². The fourth-order valence-electron chi connectivity index (χ4n) is 3.41. The molecule has 0 N–H and O–H groups in total. The third-order valence-corrected chi connectivity index (χ3v) is 4.90. The van der Waals surface area contributed by atoms with Crippen molar-refractivity contribution >= 4 is 0 Å². The SMILES string of the molecule is Cn1c(CN2CCCC[C@@H]2Cn2cncn2)nnc1C1CC1. The molecular weight excluding hydrogens is 278 g/mol. The van der Waals surface area contributed by atoms with Gasteiger partial charge >= 0.3 is 0 Å². The molecule has 7 nitrogen and oxygen atoms in total.